The molecule has 1 aliphatic rings. The molecule has 0 aliphatic carbocycles. The third kappa shape index (κ3) is 1.88. The molecule has 2 amide bonds. The van der Waals surface area contributed by atoms with Crippen molar-refractivity contribution in [3.8, 4) is 0 Å². The zero-order chi connectivity index (χ0) is 7.40. The van der Waals surface area contributed by atoms with Gasteiger partial charge in [-0.15, -0.1) is 0 Å². The molecular formula is C6H12N2O2. The van der Waals surface area contributed by atoms with Gasteiger partial charge in [0.05, 0.1) is 6.61 Å². The standard InChI is InChI=1S/C6H12N2O2/c7-6(9)8-2-1-4-10-5-3-8/h1-5H2,(H2,7,9). The Labute approximate surface area is 59.9 Å². The number of nitrogens with zero attached hydrogens (tertiary/aromatic N) is 1. The molecule has 1 aliphatic heterocycles. The van der Waals surface area contributed by atoms with Crippen molar-refractivity contribution in [2.75, 3.05) is 26.3 Å². The average molecular weight is 144 g/mol. The molecule has 0 bridgehead atoms. The average Bonchev–Trinajstić information content (AvgIpc) is 2.12. The van der Waals surface area contributed by atoms with Crippen LogP contribution in [0.1, 0.15) is 6.42 Å². The Morgan fingerprint density at radius 3 is 2.90 bits per heavy atom. The van der Waals surface area contributed by atoms with Crippen LogP contribution in [0.3, 0.4) is 0 Å². The summed E-state index contributed by atoms with van der Waals surface area (Å²) in [6.07, 6.45) is 0.892. The Morgan fingerprint density at radius 2 is 2.20 bits per heavy atom. The van der Waals surface area contributed by atoms with Crippen molar-refractivity contribution in [2.24, 2.45) is 5.73 Å². The molecule has 1 heterocycles. The van der Waals surface area contributed by atoms with Crippen LogP contribution in [0, 0.1) is 0 Å². The summed E-state index contributed by atoms with van der Waals surface area (Å²) in [5.41, 5.74) is 5.07. The third-order valence-electron chi connectivity index (χ3n) is 1.53. The van der Waals surface area contributed by atoms with E-state index in [2.05, 4.69) is 0 Å². The highest BCUT2D eigenvalue weighted by atomic mass is 16.5. The fourth-order valence-corrected chi connectivity index (χ4v) is 0.966. The summed E-state index contributed by atoms with van der Waals surface area (Å²) in [6, 6.07) is -0.342. The maximum absolute atomic E-state index is 10.6. The molecule has 2 N–H and O–H groups in total. The zero-order valence-electron chi connectivity index (χ0n) is 5.88. The fourth-order valence-electron chi connectivity index (χ4n) is 0.966. The minimum Gasteiger partial charge on any atom is -0.380 e. The Bertz CT molecular complexity index is 119. The molecule has 4 nitrogen and oxygen atoms in total. The molecule has 0 unspecified atom stereocenters. The van der Waals surface area contributed by atoms with Crippen LogP contribution in [0.4, 0.5) is 4.79 Å². The van der Waals surface area contributed by atoms with Gasteiger partial charge in [0.25, 0.3) is 0 Å². The first-order valence-corrected chi connectivity index (χ1v) is 3.43. The van der Waals surface area contributed by atoms with E-state index < -0.39 is 0 Å². The second kappa shape index (κ2) is 3.41. The van der Waals surface area contributed by atoms with Gasteiger partial charge >= 0.3 is 6.03 Å². The molecule has 0 atom stereocenters. The highest BCUT2D eigenvalue weighted by molar-refractivity contribution is 5.71. The number of primary amides is 1. The maximum atomic E-state index is 10.6. The number of ether oxygens (including phenoxy) is 1. The number of hydrogen-bond acceptors (Lipinski definition) is 2. The largest absolute Gasteiger partial charge is 0.380 e. The van der Waals surface area contributed by atoms with Crippen molar-refractivity contribution in [3.05, 3.63) is 0 Å². The van der Waals surface area contributed by atoms with Gasteiger partial charge in [0, 0.05) is 19.7 Å². The Balaban J connectivity index is 2.35. The van der Waals surface area contributed by atoms with Crippen molar-refractivity contribution in [1.82, 2.24) is 4.90 Å². The van der Waals surface area contributed by atoms with Crippen LogP contribution in [-0.2, 0) is 4.74 Å². The number of hydrogen-bond donors (Lipinski definition) is 1. The number of carbonyl (C=O) groups is 1. The van der Waals surface area contributed by atoms with Gasteiger partial charge in [0.15, 0.2) is 0 Å². The molecule has 0 aromatic heterocycles. The number of nitrogens with two attached hydrogens (primary N) is 1. The van der Waals surface area contributed by atoms with E-state index in [4.69, 9.17) is 10.5 Å². The lowest BCUT2D eigenvalue weighted by Gasteiger charge is -2.15. The van der Waals surface area contributed by atoms with E-state index in [1.165, 1.54) is 0 Å². The summed E-state index contributed by atoms with van der Waals surface area (Å²) in [5, 5.41) is 0. The lowest BCUT2D eigenvalue weighted by molar-refractivity contribution is 0.143. The molecule has 1 saturated heterocycles. The minimum absolute atomic E-state index is 0.342. The number of carbonyl (C=O) groups excluding carboxylic acids is 1. The zero-order valence-corrected chi connectivity index (χ0v) is 5.88. The normalized spacial score (nSPS) is 20.2. The van der Waals surface area contributed by atoms with Crippen LogP contribution in [-0.4, -0.2) is 37.2 Å². The van der Waals surface area contributed by atoms with Crippen molar-refractivity contribution in [2.45, 2.75) is 6.42 Å². The van der Waals surface area contributed by atoms with Gasteiger partial charge in [-0.05, 0) is 6.42 Å². The number of urea groups is 1. The van der Waals surface area contributed by atoms with E-state index in [9.17, 15) is 4.79 Å². The van der Waals surface area contributed by atoms with Gasteiger partial charge in [0.2, 0.25) is 0 Å². The number of rotatable bonds is 0. The molecule has 58 valence electrons. The lowest BCUT2D eigenvalue weighted by Crippen LogP contribution is -2.37. The van der Waals surface area contributed by atoms with Crippen LogP contribution in [0.25, 0.3) is 0 Å². The Kier molecular flexibility index (Phi) is 2.50. The lowest BCUT2D eigenvalue weighted by atomic mass is 10.4. The van der Waals surface area contributed by atoms with Crippen molar-refractivity contribution < 1.29 is 9.53 Å². The highest BCUT2D eigenvalue weighted by Crippen LogP contribution is 1.97. The van der Waals surface area contributed by atoms with Crippen LogP contribution in [0.5, 0.6) is 0 Å². The van der Waals surface area contributed by atoms with E-state index in [1.54, 1.807) is 4.90 Å². The summed E-state index contributed by atoms with van der Waals surface area (Å²) >= 11 is 0. The first-order valence-electron chi connectivity index (χ1n) is 3.43. The van der Waals surface area contributed by atoms with Gasteiger partial charge in [-0.1, -0.05) is 0 Å². The maximum Gasteiger partial charge on any atom is 0.314 e. The van der Waals surface area contributed by atoms with Gasteiger partial charge < -0.3 is 15.4 Å². The Hall–Kier alpha value is -0.770. The van der Waals surface area contributed by atoms with E-state index in [0.717, 1.165) is 19.6 Å². The predicted octanol–water partition coefficient (Wildman–Crippen LogP) is -0.213. The van der Waals surface area contributed by atoms with Gasteiger partial charge in [-0.3, -0.25) is 0 Å². The molecule has 0 spiro atoms. The van der Waals surface area contributed by atoms with Crippen molar-refractivity contribution in [3.63, 3.8) is 0 Å². The van der Waals surface area contributed by atoms with E-state index in [-0.39, 0.29) is 6.03 Å². The van der Waals surface area contributed by atoms with Crippen molar-refractivity contribution >= 4 is 6.03 Å². The second-order valence-electron chi connectivity index (χ2n) is 2.29. The first kappa shape index (κ1) is 7.34. The molecule has 0 aromatic carbocycles. The summed E-state index contributed by atoms with van der Waals surface area (Å²) in [6.45, 7) is 2.72. The molecule has 1 fully saturated rings. The first-order chi connectivity index (χ1) is 4.80. The SMILES string of the molecule is NC(=O)N1CCCOCC1. The van der Waals surface area contributed by atoms with Gasteiger partial charge in [0.1, 0.15) is 0 Å². The number of amides is 2. The molecule has 1 rings (SSSR count). The summed E-state index contributed by atoms with van der Waals surface area (Å²) in [5.74, 6) is 0. The van der Waals surface area contributed by atoms with E-state index in [0.29, 0.717) is 13.2 Å². The Morgan fingerprint density at radius 1 is 1.40 bits per heavy atom. The van der Waals surface area contributed by atoms with Gasteiger partial charge in [-0.25, -0.2) is 4.79 Å². The summed E-state index contributed by atoms with van der Waals surface area (Å²) in [4.78, 5) is 12.2. The highest BCUT2D eigenvalue weighted by Gasteiger charge is 2.11. The molecule has 10 heavy (non-hydrogen) atoms. The molecule has 0 aromatic rings. The topological polar surface area (TPSA) is 55.6 Å². The molecular weight excluding hydrogens is 132 g/mol. The fraction of sp³-hybridized carbons (Fsp3) is 0.833. The monoisotopic (exact) mass is 144 g/mol. The molecule has 4 heteroatoms. The van der Waals surface area contributed by atoms with Crippen LogP contribution >= 0.6 is 0 Å². The predicted molar refractivity (Wildman–Crippen MR) is 36.6 cm³/mol. The molecule has 0 radical (unpaired) electrons. The van der Waals surface area contributed by atoms with E-state index in [1.807, 2.05) is 0 Å². The van der Waals surface area contributed by atoms with Crippen LogP contribution in [0.2, 0.25) is 0 Å². The van der Waals surface area contributed by atoms with E-state index >= 15 is 0 Å². The van der Waals surface area contributed by atoms with Gasteiger partial charge in [-0.2, -0.15) is 0 Å². The van der Waals surface area contributed by atoms with Crippen LogP contribution in [0.15, 0.2) is 0 Å². The van der Waals surface area contributed by atoms with Crippen LogP contribution < -0.4 is 5.73 Å². The quantitative estimate of drug-likeness (QED) is 0.511. The third-order valence-corrected chi connectivity index (χ3v) is 1.53. The summed E-state index contributed by atoms with van der Waals surface area (Å²) < 4.78 is 5.13. The summed E-state index contributed by atoms with van der Waals surface area (Å²) in [7, 11) is 0. The van der Waals surface area contributed by atoms with Crippen molar-refractivity contribution in [1.29, 1.82) is 0 Å². The smallest absolute Gasteiger partial charge is 0.314 e. The second-order valence-corrected chi connectivity index (χ2v) is 2.29. The minimum atomic E-state index is -0.342. The molecule has 0 saturated carbocycles.